The molecule has 0 aliphatic heterocycles. The van der Waals surface area contributed by atoms with E-state index >= 15 is 0 Å². The first-order valence-corrected chi connectivity index (χ1v) is 27.2. The monoisotopic (exact) mass is 842 g/mol. The number of carbonyl (C=O) groups excluding carboxylic acids is 1. The van der Waals surface area contributed by atoms with Crippen LogP contribution in [0.3, 0.4) is 0 Å². The Kier molecular flexibility index (Phi) is 50.8. The van der Waals surface area contributed by atoms with Gasteiger partial charge in [0.25, 0.3) is 0 Å². The molecule has 0 aromatic carbocycles. The Morgan fingerprint density at radius 1 is 0.383 bits per heavy atom. The molecule has 0 radical (unpaired) electrons. The van der Waals surface area contributed by atoms with E-state index in [9.17, 15) is 15.0 Å². The maximum absolute atomic E-state index is 12.4. The van der Waals surface area contributed by atoms with E-state index in [0.717, 1.165) is 38.5 Å². The molecule has 0 aliphatic carbocycles. The number of nitrogens with one attached hydrogen (secondary N) is 1. The number of allylic oxidation sites excluding steroid dienone is 5. The summed E-state index contributed by atoms with van der Waals surface area (Å²) in [6.45, 7) is 4.33. The summed E-state index contributed by atoms with van der Waals surface area (Å²) in [5, 5.41) is 23.1. The minimum Gasteiger partial charge on any atom is -0.394 e. The quantitative estimate of drug-likeness (QED) is 0.0422. The fraction of sp³-hybridized carbons (Fsp3) is 0.875. The van der Waals surface area contributed by atoms with E-state index in [4.69, 9.17) is 0 Å². The second kappa shape index (κ2) is 52.0. The van der Waals surface area contributed by atoms with E-state index in [1.54, 1.807) is 6.08 Å². The molecule has 0 bridgehead atoms. The molecule has 0 aromatic heterocycles. The summed E-state index contributed by atoms with van der Waals surface area (Å²) in [7, 11) is 0. The van der Waals surface area contributed by atoms with Crippen LogP contribution in [0.15, 0.2) is 36.5 Å². The van der Waals surface area contributed by atoms with Gasteiger partial charge in [-0.1, -0.05) is 281 Å². The van der Waals surface area contributed by atoms with E-state index in [1.807, 2.05) is 6.08 Å². The highest BCUT2D eigenvalue weighted by Gasteiger charge is 2.18. The molecule has 0 aromatic rings. The first kappa shape index (κ1) is 58.6. The minimum absolute atomic E-state index is 0.0725. The molecule has 0 saturated carbocycles. The van der Waals surface area contributed by atoms with Crippen molar-refractivity contribution in [1.82, 2.24) is 5.32 Å². The third-order valence-corrected chi connectivity index (χ3v) is 12.6. The number of hydrogen-bond donors (Lipinski definition) is 3. The molecule has 2 atom stereocenters. The number of hydrogen-bond acceptors (Lipinski definition) is 3. The Bertz CT molecular complexity index is 912. The molecule has 1 amide bonds. The number of amides is 1. The summed E-state index contributed by atoms with van der Waals surface area (Å²) in [6, 6.07) is -0.644. The molecule has 4 nitrogen and oxygen atoms in total. The zero-order valence-corrected chi connectivity index (χ0v) is 40.7. The van der Waals surface area contributed by atoms with Crippen LogP contribution < -0.4 is 5.32 Å². The average Bonchev–Trinajstić information content (AvgIpc) is 3.25. The summed E-state index contributed by atoms with van der Waals surface area (Å²) >= 11 is 0. The third kappa shape index (κ3) is 47.7. The topological polar surface area (TPSA) is 69.6 Å². The zero-order chi connectivity index (χ0) is 43.5. The fourth-order valence-corrected chi connectivity index (χ4v) is 8.45. The average molecular weight is 842 g/mol. The van der Waals surface area contributed by atoms with Crippen molar-refractivity contribution in [3.63, 3.8) is 0 Å². The number of carbonyl (C=O) groups is 1. The van der Waals surface area contributed by atoms with Gasteiger partial charge in [-0.25, -0.2) is 0 Å². The predicted octanol–water partition coefficient (Wildman–Crippen LogP) is 17.7. The Labute approximate surface area is 376 Å². The van der Waals surface area contributed by atoms with Crippen LogP contribution in [0.25, 0.3) is 0 Å². The fourth-order valence-electron chi connectivity index (χ4n) is 8.45. The van der Waals surface area contributed by atoms with Crippen molar-refractivity contribution in [3.05, 3.63) is 36.5 Å². The van der Waals surface area contributed by atoms with Gasteiger partial charge in [-0.05, 0) is 44.9 Å². The Hall–Kier alpha value is -1.39. The summed E-state index contributed by atoms with van der Waals surface area (Å²) in [5.74, 6) is -0.0725. The molecular weight excluding hydrogens is 735 g/mol. The molecule has 0 heterocycles. The summed E-state index contributed by atoms with van der Waals surface area (Å²) in [6.07, 6.45) is 70.2. The van der Waals surface area contributed by atoms with Gasteiger partial charge < -0.3 is 15.5 Å². The third-order valence-electron chi connectivity index (χ3n) is 12.6. The van der Waals surface area contributed by atoms with Crippen LogP contribution in [0.1, 0.15) is 296 Å². The van der Waals surface area contributed by atoms with E-state index in [2.05, 4.69) is 43.5 Å². The Morgan fingerprint density at radius 3 is 0.967 bits per heavy atom. The highest BCUT2D eigenvalue weighted by atomic mass is 16.3. The standard InChI is InChI=1S/C56H107NO3/c1-3-5-7-9-11-13-15-17-19-21-23-25-27-28-29-30-31-33-35-37-39-41-43-45-47-49-51-55(59)54(53-58)57-56(60)52-50-48-46-44-42-40-38-36-34-32-26-24-22-20-18-16-14-12-10-8-6-4-2/h33,35,41,43,49,51,54-55,58-59H,3-32,34,36-40,42,44-48,50,52-53H2,1-2H3,(H,57,60)/b35-33+,43-41+,51-49+. The second-order valence-corrected chi connectivity index (χ2v) is 18.6. The number of rotatable bonds is 50. The van der Waals surface area contributed by atoms with E-state index in [0.29, 0.717) is 6.42 Å². The first-order chi connectivity index (χ1) is 29.7. The van der Waals surface area contributed by atoms with Gasteiger partial charge in [-0.2, -0.15) is 0 Å². The van der Waals surface area contributed by atoms with Gasteiger partial charge in [0.1, 0.15) is 0 Å². The van der Waals surface area contributed by atoms with Gasteiger partial charge in [0.15, 0.2) is 0 Å². The van der Waals surface area contributed by atoms with Crippen molar-refractivity contribution >= 4 is 5.91 Å². The smallest absolute Gasteiger partial charge is 0.220 e. The number of unbranched alkanes of at least 4 members (excludes halogenated alkanes) is 39. The summed E-state index contributed by atoms with van der Waals surface area (Å²) in [5.41, 5.74) is 0. The number of aliphatic hydroxyl groups is 2. The number of aliphatic hydroxyl groups excluding tert-OH is 2. The normalized spacial score (nSPS) is 13.1. The van der Waals surface area contributed by atoms with Crippen LogP contribution in [0, 0.1) is 0 Å². The van der Waals surface area contributed by atoms with Crippen molar-refractivity contribution in [2.45, 2.75) is 309 Å². The summed E-state index contributed by atoms with van der Waals surface area (Å²) < 4.78 is 0. The molecule has 0 fully saturated rings. The van der Waals surface area contributed by atoms with Crippen LogP contribution in [0.4, 0.5) is 0 Å². The van der Waals surface area contributed by atoms with Gasteiger partial charge >= 0.3 is 0 Å². The highest BCUT2D eigenvalue weighted by Crippen LogP contribution is 2.17. The van der Waals surface area contributed by atoms with Crippen LogP contribution >= 0.6 is 0 Å². The molecule has 354 valence electrons. The van der Waals surface area contributed by atoms with Gasteiger partial charge in [-0.15, -0.1) is 0 Å². The van der Waals surface area contributed by atoms with Gasteiger partial charge in [0, 0.05) is 6.42 Å². The van der Waals surface area contributed by atoms with Crippen molar-refractivity contribution in [1.29, 1.82) is 0 Å². The molecule has 60 heavy (non-hydrogen) atoms. The van der Waals surface area contributed by atoms with Crippen molar-refractivity contribution in [2.75, 3.05) is 6.61 Å². The first-order valence-electron chi connectivity index (χ1n) is 27.2. The largest absolute Gasteiger partial charge is 0.394 e. The lowest BCUT2D eigenvalue weighted by Crippen LogP contribution is -2.45. The second-order valence-electron chi connectivity index (χ2n) is 18.6. The van der Waals surface area contributed by atoms with Crippen LogP contribution in [-0.4, -0.2) is 34.9 Å². The van der Waals surface area contributed by atoms with Crippen molar-refractivity contribution in [2.24, 2.45) is 0 Å². The summed E-state index contributed by atoms with van der Waals surface area (Å²) in [4.78, 5) is 12.4. The van der Waals surface area contributed by atoms with E-state index < -0.39 is 12.1 Å². The lowest BCUT2D eigenvalue weighted by molar-refractivity contribution is -0.123. The molecule has 0 rings (SSSR count). The van der Waals surface area contributed by atoms with Gasteiger partial charge in [0.2, 0.25) is 5.91 Å². The maximum Gasteiger partial charge on any atom is 0.220 e. The Balaban J connectivity index is 3.55. The zero-order valence-electron chi connectivity index (χ0n) is 40.7. The molecule has 2 unspecified atom stereocenters. The van der Waals surface area contributed by atoms with Crippen LogP contribution in [0.2, 0.25) is 0 Å². The van der Waals surface area contributed by atoms with Crippen LogP contribution in [-0.2, 0) is 4.79 Å². The molecule has 3 N–H and O–H groups in total. The van der Waals surface area contributed by atoms with Gasteiger partial charge in [-0.3, -0.25) is 4.79 Å². The lowest BCUT2D eigenvalue weighted by Gasteiger charge is -2.19. The minimum atomic E-state index is -0.869. The lowest BCUT2D eigenvalue weighted by atomic mass is 10.0. The maximum atomic E-state index is 12.4. The van der Waals surface area contributed by atoms with Gasteiger partial charge in [0.05, 0.1) is 18.8 Å². The molecule has 0 aliphatic rings. The predicted molar refractivity (Wildman–Crippen MR) is 267 cm³/mol. The Morgan fingerprint density at radius 2 is 0.650 bits per heavy atom. The van der Waals surface area contributed by atoms with Crippen molar-refractivity contribution < 1.29 is 15.0 Å². The van der Waals surface area contributed by atoms with E-state index in [-0.39, 0.29) is 12.5 Å². The molecule has 4 heteroatoms. The van der Waals surface area contributed by atoms with Crippen LogP contribution in [0.5, 0.6) is 0 Å². The molecule has 0 saturated heterocycles. The highest BCUT2D eigenvalue weighted by molar-refractivity contribution is 5.76. The van der Waals surface area contributed by atoms with Crippen molar-refractivity contribution in [3.8, 4) is 0 Å². The van der Waals surface area contributed by atoms with E-state index in [1.165, 1.54) is 238 Å². The SMILES string of the molecule is CCCCCCCCCCCCCCCCCC/C=C/CC/C=C/CC/C=C/C(O)C(CO)NC(=O)CCCCCCCCCCCCCCCCCCCCCCCC. The molecule has 0 spiro atoms. The molecular formula is C56H107NO3.